The van der Waals surface area contributed by atoms with E-state index in [0.29, 0.717) is 5.01 Å². The SMILES string of the molecule is Nc1cc(Cc2nccs2)nc(C(F)(F)F)n1. The van der Waals surface area contributed by atoms with E-state index in [-0.39, 0.29) is 17.9 Å². The molecule has 8 heteroatoms. The maximum atomic E-state index is 12.4. The molecule has 2 N–H and O–H groups in total. The molecule has 17 heavy (non-hydrogen) atoms. The number of halogens is 3. The lowest BCUT2D eigenvalue weighted by Gasteiger charge is -2.07. The van der Waals surface area contributed by atoms with Gasteiger partial charge in [-0.3, -0.25) is 0 Å². The lowest BCUT2D eigenvalue weighted by molar-refractivity contribution is -0.145. The second-order valence-corrected chi connectivity index (χ2v) is 4.19. The largest absolute Gasteiger partial charge is 0.451 e. The van der Waals surface area contributed by atoms with Crippen molar-refractivity contribution in [3.63, 3.8) is 0 Å². The van der Waals surface area contributed by atoms with Gasteiger partial charge in [-0.2, -0.15) is 13.2 Å². The highest BCUT2D eigenvalue weighted by Crippen LogP contribution is 2.27. The molecule has 0 aliphatic carbocycles. The highest BCUT2D eigenvalue weighted by atomic mass is 32.1. The van der Waals surface area contributed by atoms with Gasteiger partial charge < -0.3 is 5.73 Å². The minimum absolute atomic E-state index is 0.195. The summed E-state index contributed by atoms with van der Waals surface area (Å²) in [6, 6.07) is 1.32. The molecule has 2 rings (SSSR count). The Morgan fingerprint density at radius 1 is 1.29 bits per heavy atom. The molecule has 0 saturated heterocycles. The maximum absolute atomic E-state index is 12.4. The first kappa shape index (κ1) is 11.8. The molecule has 0 amide bonds. The average Bonchev–Trinajstić information content (AvgIpc) is 2.68. The van der Waals surface area contributed by atoms with Crippen LogP contribution in [0.15, 0.2) is 17.6 Å². The van der Waals surface area contributed by atoms with Crippen LogP contribution in [0.3, 0.4) is 0 Å². The van der Waals surface area contributed by atoms with Crippen LogP contribution >= 0.6 is 11.3 Å². The van der Waals surface area contributed by atoms with Gasteiger partial charge in [0.2, 0.25) is 5.82 Å². The minimum Gasteiger partial charge on any atom is -0.384 e. The van der Waals surface area contributed by atoms with Gasteiger partial charge in [0.05, 0.1) is 10.7 Å². The van der Waals surface area contributed by atoms with Crippen LogP contribution in [-0.2, 0) is 12.6 Å². The van der Waals surface area contributed by atoms with E-state index in [1.165, 1.54) is 17.4 Å². The number of hydrogen-bond donors (Lipinski definition) is 1. The molecule has 0 spiro atoms. The molecule has 0 aromatic carbocycles. The normalized spacial score (nSPS) is 11.7. The fourth-order valence-corrected chi connectivity index (χ4v) is 1.86. The summed E-state index contributed by atoms with van der Waals surface area (Å²) in [5, 5.41) is 2.42. The van der Waals surface area contributed by atoms with E-state index in [4.69, 9.17) is 5.73 Å². The van der Waals surface area contributed by atoms with Crippen LogP contribution in [0.2, 0.25) is 0 Å². The van der Waals surface area contributed by atoms with Crippen molar-refractivity contribution in [3.8, 4) is 0 Å². The van der Waals surface area contributed by atoms with Gasteiger partial charge in [-0.15, -0.1) is 11.3 Å². The van der Waals surface area contributed by atoms with Crippen molar-refractivity contribution in [1.82, 2.24) is 15.0 Å². The summed E-state index contributed by atoms with van der Waals surface area (Å²) in [5.41, 5.74) is 5.53. The molecule has 2 aromatic rings. The molecule has 90 valence electrons. The Hall–Kier alpha value is -1.70. The summed E-state index contributed by atoms with van der Waals surface area (Å²) in [4.78, 5) is 10.6. The molecule has 2 heterocycles. The zero-order valence-electron chi connectivity index (χ0n) is 8.40. The number of alkyl halides is 3. The summed E-state index contributed by atoms with van der Waals surface area (Å²) in [6.07, 6.45) is -2.80. The Labute approximate surface area is 98.4 Å². The molecule has 2 aromatic heterocycles. The van der Waals surface area contributed by atoms with Crippen LogP contribution in [0.1, 0.15) is 16.5 Å². The first-order valence-corrected chi connectivity index (χ1v) is 5.42. The zero-order chi connectivity index (χ0) is 12.5. The molecule has 0 aliphatic rings. The number of nitrogens with two attached hydrogens (primary N) is 1. The zero-order valence-corrected chi connectivity index (χ0v) is 9.22. The van der Waals surface area contributed by atoms with Gasteiger partial charge in [-0.25, -0.2) is 15.0 Å². The predicted molar refractivity (Wildman–Crippen MR) is 56.4 cm³/mol. The van der Waals surface area contributed by atoms with E-state index in [2.05, 4.69) is 15.0 Å². The average molecular weight is 260 g/mol. The fraction of sp³-hybridized carbons (Fsp3) is 0.222. The van der Waals surface area contributed by atoms with Crippen LogP contribution in [0.4, 0.5) is 19.0 Å². The highest BCUT2D eigenvalue weighted by Gasteiger charge is 2.35. The molecule has 0 radical (unpaired) electrons. The lowest BCUT2D eigenvalue weighted by atomic mass is 10.3. The van der Waals surface area contributed by atoms with Gasteiger partial charge in [-0.05, 0) is 0 Å². The summed E-state index contributed by atoms with van der Waals surface area (Å²) in [7, 11) is 0. The Morgan fingerprint density at radius 2 is 2.06 bits per heavy atom. The van der Waals surface area contributed by atoms with Crippen LogP contribution in [0, 0.1) is 0 Å². The number of nitrogen functional groups attached to an aromatic ring is 1. The first-order chi connectivity index (χ1) is 7.95. The molecule has 0 aliphatic heterocycles. The van der Waals surface area contributed by atoms with Crippen molar-refractivity contribution in [2.24, 2.45) is 0 Å². The topological polar surface area (TPSA) is 64.7 Å². The second-order valence-electron chi connectivity index (χ2n) is 3.21. The molecule has 0 bridgehead atoms. The predicted octanol–water partition coefficient (Wildman–Crippen LogP) is 2.12. The van der Waals surface area contributed by atoms with E-state index in [9.17, 15) is 13.2 Å². The molecule has 0 unspecified atom stereocenters. The summed E-state index contributed by atoms with van der Waals surface area (Å²) < 4.78 is 37.3. The van der Waals surface area contributed by atoms with Gasteiger partial charge in [0.25, 0.3) is 0 Å². The van der Waals surface area contributed by atoms with Crippen molar-refractivity contribution in [1.29, 1.82) is 0 Å². The number of aromatic nitrogens is 3. The van der Waals surface area contributed by atoms with Crippen molar-refractivity contribution in [2.45, 2.75) is 12.6 Å². The van der Waals surface area contributed by atoms with Crippen molar-refractivity contribution in [2.75, 3.05) is 5.73 Å². The number of rotatable bonds is 2. The van der Waals surface area contributed by atoms with E-state index in [1.807, 2.05) is 0 Å². The second kappa shape index (κ2) is 4.28. The van der Waals surface area contributed by atoms with Crippen molar-refractivity contribution < 1.29 is 13.2 Å². The van der Waals surface area contributed by atoms with Crippen LogP contribution in [0.5, 0.6) is 0 Å². The van der Waals surface area contributed by atoms with Gasteiger partial charge in [0, 0.05) is 24.1 Å². The summed E-state index contributed by atoms with van der Waals surface area (Å²) in [6.45, 7) is 0. The number of anilines is 1. The lowest BCUT2D eigenvalue weighted by Crippen LogP contribution is -2.14. The van der Waals surface area contributed by atoms with E-state index in [1.54, 1.807) is 11.6 Å². The quantitative estimate of drug-likeness (QED) is 0.898. The third kappa shape index (κ3) is 2.90. The molecular formula is C9H7F3N4S. The first-order valence-electron chi connectivity index (χ1n) is 4.54. The molecule has 0 atom stereocenters. The van der Waals surface area contributed by atoms with Gasteiger partial charge in [-0.1, -0.05) is 0 Å². The van der Waals surface area contributed by atoms with Crippen molar-refractivity contribution in [3.05, 3.63) is 34.2 Å². The highest BCUT2D eigenvalue weighted by molar-refractivity contribution is 7.09. The van der Waals surface area contributed by atoms with Crippen LogP contribution in [0.25, 0.3) is 0 Å². The van der Waals surface area contributed by atoms with Crippen LogP contribution < -0.4 is 5.73 Å². The van der Waals surface area contributed by atoms with Gasteiger partial charge >= 0.3 is 6.18 Å². The third-order valence-electron chi connectivity index (χ3n) is 1.87. The van der Waals surface area contributed by atoms with E-state index >= 15 is 0 Å². The molecular weight excluding hydrogens is 253 g/mol. The molecule has 0 fully saturated rings. The maximum Gasteiger partial charge on any atom is 0.451 e. The standard InChI is InChI=1S/C9H7F3N4S/c10-9(11,12)8-15-5(3-6(13)16-8)4-7-14-1-2-17-7/h1-3H,4H2,(H2,13,15,16). The number of thiazole rings is 1. The Balaban J connectivity index is 2.32. The van der Waals surface area contributed by atoms with Crippen LogP contribution in [-0.4, -0.2) is 15.0 Å². The van der Waals surface area contributed by atoms with Gasteiger partial charge in [0.15, 0.2) is 0 Å². The Morgan fingerprint density at radius 3 is 2.65 bits per heavy atom. The summed E-state index contributed by atoms with van der Waals surface area (Å²) >= 11 is 1.34. The Kier molecular flexibility index (Phi) is 2.97. The molecule has 4 nitrogen and oxygen atoms in total. The van der Waals surface area contributed by atoms with E-state index < -0.39 is 12.0 Å². The minimum atomic E-state index is -4.59. The Bertz CT molecular complexity index is 509. The number of nitrogens with zero attached hydrogens (tertiary/aromatic N) is 3. The molecule has 0 saturated carbocycles. The third-order valence-corrected chi connectivity index (χ3v) is 2.65. The monoisotopic (exact) mass is 260 g/mol. The van der Waals surface area contributed by atoms with E-state index in [0.717, 1.165) is 0 Å². The van der Waals surface area contributed by atoms with Gasteiger partial charge in [0.1, 0.15) is 5.82 Å². The number of hydrogen-bond acceptors (Lipinski definition) is 5. The summed E-state index contributed by atoms with van der Waals surface area (Å²) in [5.74, 6) is -1.41. The smallest absolute Gasteiger partial charge is 0.384 e. The van der Waals surface area contributed by atoms with Crippen molar-refractivity contribution >= 4 is 17.2 Å². The fourth-order valence-electron chi connectivity index (χ4n) is 1.23.